The maximum atomic E-state index is 13.0. The van der Waals surface area contributed by atoms with Gasteiger partial charge < -0.3 is 15.5 Å². The number of nitrogens with two attached hydrogens (primary N) is 1. The molecular formula is C15H18FN5. The van der Waals surface area contributed by atoms with Crippen molar-refractivity contribution in [1.82, 2.24) is 14.9 Å². The Morgan fingerprint density at radius 3 is 2.38 bits per heavy atom. The largest absolute Gasteiger partial charge is 0.394 e. The summed E-state index contributed by atoms with van der Waals surface area (Å²) in [5.41, 5.74) is 8.24. The van der Waals surface area contributed by atoms with Gasteiger partial charge >= 0.3 is 0 Å². The average molecular weight is 287 g/mol. The molecule has 2 N–H and O–H groups in total. The molecule has 0 unspecified atom stereocenters. The molecule has 0 atom stereocenters. The summed E-state index contributed by atoms with van der Waals surface area (Å²) in [7, 11) is 2.10. The third-order valence-corrected chi connectivity index (χ3v) is 3.78. The van der Waals surface area contributed by atoms with Crippen LogP contribution in [0.2, 0.25) is 0 Å². The summed E-state index contributed by atoms with van der Waals surface area (Å²) in [6.07, 6.45) is 1.52. The van der Waals surface area contributed by atoms with Crippen LogP contribution in [0.3, 0.4) is 0 Å². The minimum atomic E-state index is -0.273. The molecule has 3 rings (SSSR count). The zero-order valence-corrected chi connectivity index (χ0v) is 12.0. The van der Waals surface area contributed by atoms with Crippen molar-refractivity contribution in [3.63, 3.8) is 0 Å². The van der Waals surface area contributed by atoms with Gasteiger partial charge in [0, 0.05) is 31.7 Å². The van der Waals surface area contributed by atoms with Crippen molar-refractivity contribution in [3.05, 3.63) is 36.4 Å². The van der Waals surface area contributed by atoms with E-state index in [1.54, 1.807) is 12.1 Å². The van der Waals surface area contributed by atoms with E-state index in [0.29, 0.717) is 11.4 Å². The van der Waals surface area contributed by atoms with E-state index in [0.717, 1.165) is 37.6 Å². The van der Waals surface area contributed by atoms with Gasteiger partial charge in [0.05, 0.1) is 5.69 Å². The van der Waals surface area contributed by atoms with Crippen molar-refractivity contribution in [1.29, 1.82) is 0 Å². The predicted octanol–water partition coefficient (Wildman–Crippen LogP) is 1.62. The highest BCUT2D eigenvalue weighted by Gasteiger charge is 2.19. The highest BCUT2D eigenvalue weighted by molar-refractivity contribution is 5.80. The van der Waals surface area contributed by atoms with Crippen LogP contribution in [0.15, 0.2) is 30.6 Å². The van der Waals surface area contributed by atoms with Gasteiger partial charge in [-0.3, -0.25) is 0 Å². The Morgan fingerprint density at radius 2 is 1.71 bits per heavy atom. The summed E-state index contributed by atoms with van der Waals surface area (Å²) in [4.78, 5) is 13.0. The third kappa shape index (κ3) is 2.80. The number of likely N-dealkylation sites (N-methyl/N-ethyl adjacent to an activating group) is 1. The lowest BCUT2D eigenvalue weighted by molar-refractivity contribution is 0.312. The van der Waals surface area contributed by atoms with E-state index >= 15 is 0 Å². The molecule has 6 heteroatoms. The minimum absolute atomic E-state index is 0.273. The second kappa shape index (κ2) is 5.65. The standard InChI is InChI=1S/C15H18FN5/c1-20-6-8-21(9-7-20)15-13(17)14(18-10-19-15)11-2-4-12(16)5-3-11/h2-5,10H,6-9,17H2,1H3. The molecule has 2 aromatic rings. The topological polar surface area (TPSA) is 58.3 Å². The molecule has 1 saturated heterocycles. The van der Waals surface area contributed by atoms with Gasteiger partial charge in [0.1, 0.15) is 17.8 Å². The van der Waals surface area contributed by atoms with Gasteiger partial charge in [-0.25, -0.2) is 14.4 Å². The highest BCUT2D eigenvalue weighted by atomic mass is 19.1. The van der Waals surface area contributed by atoms with Crippen LogP contribution in [-0.2, 0) is 0 Å². The first-order chi connectivity index (χ1) is 10.1. The van der Waals surface area contributed by atoms with Gasteiger partial charge in [0.15, 0.2) is 5.82 Å². The van der Waals surface area contributed by atoms with Crippen LogP contribution in [0.1, 0.15) is 0 Å². The van der Waals surface area contributed by atoms with Crippen LogP contribution in [0.4, 0.5) is 15.9 Å². The van der Waals surface area contributed by atoms with Gasteiger partial charge in [0.2, 0.25) is 0 Å². The van der Waals surface area contributed by atoms with Crippen LogP contribution < -0.4 is 10.6 Å². The number of anilines is 2. The molecule has 0 saturated carbocycles. The molecule has 5 nitrogen and oxygen atoms in total. The van der Waals surface area contributed by atoms with E-state index in [1.807, 2.05) is 0 Å². The molecule has 1 aliphatic heterocycles. The van der Waals surface area contributed by atoms with Gasteiger partial charge in [0.25, 0.3) is 0 Å². The SMILES string of the molecule is CN1CCN(c2ncnc(-c3ccc(F)cc3)c2N)CC1. The molecule has 21 heavy (non-hydrogen) atoms. The number of nitrogens with zero attached hydrogens (tertiary/aromatic N) is 4. The molecular weight excluding hydrogens is 269 g/mol. The van der Waals surface area contributed by atoms with Crippen molar-refractivity contribution in [3.8, 4) is 11.3 Å². The fourth-order valence-corrected chi connectivity index (χ4v) is 2.49. The van der Waals surface area contributed by atoms with Crippen LogP contribution in [-0.4, -0.2) is 48.1 Å². The zero-order valence-electron chi connectivity index (χ0n) is 12.0. The number of aromatic nitrogens is 2. The van der Waals surface area contributed by atoms with Crippen molar-refractivity contribution in [2.75, 3.05) is 43.9 Å². The molecule has 1 aromatic carbocycles. The van der Waals surface area contributed by atoms with Crippen molar-refractivity contribution in [2.45, 2.75) is 0 Å². The van der Waals surface area contributed by atoms with E-state index < -0.39 is 0 Å². The predicted molar refractivity (Wildman–Crippen MR) is 81.5 cm³/mol. The lowest BCUT2D eigenvalue weighted by atomic mass is 10.1. The fourth-order valence-electron chi connectivity index (χ4n) is 2.49. The van der Waals surface area contributed by atoms with Gasteiger partial charge in [-0.15, -0.1) is 0 Å². The number of benzene rings is 1. The summed E-state index contributed by atoms with van der Waals surface area (Å²) >= 11 is 0. The second-order valence-corrected chi connectivity index (χ2v) is 5.26. The molecule has 1 aliphatic rings. The average Bonchev–Trinajstić information content (AvgIpc) is 2.50. The Labute approximate surface area is 123 Å². The van der Waals surface area contributed by atoms with E-state index in [1.165, 1.54) is 18.5 Å². The number of piperazine rings is 1. The molecule has 0 spiro atoms. The summed E-state index contributed by atoms with van der Waals surface area (Å²) < 4.78 is 13.0. The third-order valence-electron chi connectivity index (χ3n) is 3.78. The number of hydrogen-bond donors (Lipinski definition) is 1. The summed E-state index contributed by atoms with van der Waals surface area (Å²) in [6.45, 7) is 3.74. The van der Waals surface area contributed by atoms with Crippen LogP contribution in [0.25, 0.3) is 11.3 Å². The number of nitrogen functional groups attached to an aromatic ring is 1. The number of halogens is 1. The van der Waals surface area contributed by atoms with E-state index in [2.05, 4.69) is 26.8 Å². The first-order valence-corrected chi connectivity index (χ1v) is 6.95. The van der Waals surface area contributed by atoms with E-state index in [-0.39, 0.29) is 5.82 Å². The normalized spacial score (nSPS) is 16.2. The fraction of sp³-hybridized carbons (Fsp3) is 0.333. The molecule has 110 valence electrons. The molecule has 0 amide bonds. The first kappa shape index (κ1) is 13.8. The van der Waals surface area contributed by atoms with Crippen LogP contribution in [0.5, 0.6) is 0 Å². The van der Waals surface area contributed by atoms with Crippen LogP contribution in [0, 0.1) is 5.82 Å². The monoisotopic (exact) mass is 287 g/mol. The summed E-state index contributed by atoms with van der Waals surface area (Å²) in [5.74, 6) is 0.489. The summed E-state index contributed by atoms with van der Waals surface area (Å²) in [6, 6.07) is 6.18. The second-order valence-electron chi connectivity index (χ2n) is 5.26. The van der Waals surface area contributed by atoms with Crippen molar-refractivity contribution in [2.24, 2.45) is 0 Å². The quantitative estimate of drug-likeness (QED) is 0.909. The lowest BCUT2D eigenvalue weighted by Gasteiger charge is -2.33. The minimum Gasteiger partial charge on any atom is -0.394 e. The van der Waals surface area contributed by atoms with Gasteiger partial charge in [-0.2, -0.15) is 0 Å². The molecule has 0 bridgehead atoms. The number of hydrogen-bond acceptors (Lipinski definition) is 5. The Bertz CT molecular complexity index is 620. The lowest BCUT2D eigenvalue weighted by Crippen LogP contribution is -2.45. The maximum absolute atomic E-state index is 13.0. The van der Waals surface area contributed by atoms with E-state index in [4.69, 9.17) is 5.73 Å². The molecule has 2 heterocycles. The maximum Gasteiger partial charge on any atom is 0.155 e. The number of rotatable bonds is 2. The zero-order chi connectivity index (χ0) is 14.8. The first-order valence-electron chi connectivity index (χ1n) is 6.95. The van der Waals surface area contributed by atoms with Crippen molar-refractivity contribution >= 4 is 11.5 Å². The van der Waals surface area contributed by atoms with Gasteiger partial charge in [-0.1, -0.05) is 0 Å². The molecule has 0 aliphatic carbocycles. The molecule has 1 aromatic heterocycles. The highest BCUT2D eigenvalue weighted by Crippen LogP contribution is 2.30. The smallest absolute Gasteiger partial charge is 0.155 e. The van der Waals surface area contributed by atoms with Crippen LogP contribution >= 0.6 is 0 Å². The van der Waals surface area contributed by atoms with E-state index in [9.17, 15) is 4.39 Å². The molecule has 0 radical (unpaired) electrons. The Morgan fingerprint density at radius 1 is 1.05 bits per heavy atom. The Balaban J connectivity index is 1.93. The Kier molecular flexibility index (Phi) is 3.70. The molecule has 1 fully saturated rings. The van der Waals surface area contributed by atoms with Crippen molar-refractivity contribution < 1.29 is 4.39 Å². The summed E-state index contributed by atoms with van der Waals surface area (Å²) in [5, 5.41) is 0. The Hall–Kier alpha value is -2.21. The van der Waals surface area contributed by atoms with Gasteiger partial charge in [-0.05, 0) is 31.3 Å².